The van der Waals surface area contributed by atoms with E-state index in [9.17, 15) is 32.5 Å². The lowest BCUT2D eigenvalue weighted by molar-refractivity contribution is -0.126. The lowest BCUT2D eigenvalue weighted by Gasteiger charge is -2.27. The summed E-state index contributed by atoms with van der Waals surface area (Å²) in [5.74, 6) is -1.80. The maximum Gasteiger partial charge on any atom is 0.408 e. The standard InChI is InChI=1S/C25H33N3O8S/c1-15(2)11-20(28-25(32)36-14-16-7-8-17-5-3-4-6-18(17)12-16)23(30)27-21(24(31)37(33,34)35)13-19-9-10-26-22(19)29/h3-8,12,15,19-21,24,31H,9-11,13-14H2,1-2H3,(H,26,29)(H,27,30)(H,28,32)(H,33,34,35)/t19-,20-,21-,24-/m0/s1. The van der Waals surface area contributed by atoms with Gasteiger partial charge in [-0.1, -0.05) is 50.2 Å². The molecule has 5 N–H and O–H groups in total. The van der Waals surface area contributed by atoms with E-state index in [4.69, 9.17) is 4.74 Å². The largest absolute Gasteiger partial charge is 0.445 e. The zero-order chi connectivity index (χ0) is 27.2. The van der Waals surface area contributed by atoms with E-state index in [0.29, 0.717) is 13.0 Å². The van der Waals surface area contributed by atoms with Crippen molar-refractivity contribution in [3.05, 3.63) is 48.0 Å². The lowest BCUT2D eigenvalue weighted by Crippen LogP contribution is -2.54. The van der Waals surface area contributed by atoms with Crippen LogP contribution in [-0.4, -0.2) is 60.0 Å². The first kappa shape index (κ1) is 28.4. The molecule has 1 fully saturated rings. The number of amides is 3. The van der Waals surface area contributed by atoms with Crippen LogP contribution in [0.1, 0.15) is 38.7 Å². The van der Waals surface area contributed by atoms with Gasteiger partial charge in [-0.3, -0.25) is 14.1 Å². The maximum absolute atomic E-state index is 13.1. The summed E-state index contributed by atoms with van der Waals surface area (Å²) in [7, 11) is -4.94. The predicted molar refractivity (Wildman–Crippen MR) is 136 cm³/mol. The minimum absolute atomic E-state index is 0.0342. The molecule has 202 valence electrons. The Hall–Kier alpha value is -3.22. The van der Waals surface area contributed by atoms with Gasteiger partial charge in [0.2, 0.25) is 17.3 Å². The molecule has 0 radical (unpaired) electrons. The maximum atomic E-state index is 13.1. The molecule has 0 bridgehead atoms. The van der Waals surface area contributed by atoms with Crippen molar-refractivity contribution in [2.45, 2.75) is 57.2 Å². The molecule has 0 aromatic heterocycles. The number of aliphatic hydroxyl groups is 1. The predicted octanol–water partition coefficient (Wildman–Crippen LogP) is 1.70. The van der Waals surface area contributed by atoms with Crippen molar-refractivity contribution >= 4 is 38.8 Å². The third kappa shape index (κ3) is 8.14. The van der Waals surface area contributed by atoms with E-state index in [-0.39, 0.29) is 31.3 Å². The minimum atomic E-state index is -4.94. The van der Waals surface area contributed by atoms with Gasteiger partial charge in [0.1, 0.15) is 12.6 Å². The van der Waals surface area contributed by atoms with Gasteiger partial charge in [-0.05, 0) is 47.6 Å². The van der Waals surface area contributed by atoms with E-state index in [2.05, 4.69) is 16.0 Å². The van der Waals surface area contributed by atoms with Crippen LogP contribution < -0.4 is 16.0 Å². The molecule has 0 unspecified atom stereocenters. The molecular weight excluding hydrogens is 502 g/mol. The molecule has 4 atom stereocenters. The van der Waals surface area contributed by atoms with Crippen LogP contribution >= 0.6 is 0 Å². The zero-order valence-electron chi connectivity index (χ0n) is 20.7. The van der Waals surface area contributed by atoms with Gasteiger partial charge in [0.05, 0.1) is 6.04 Å². The van der Waals surface area contributed by atoms with Crippen molar-refractivity contribution in [1.82, 2.24) is 16.0 Å². The van der Waals surface area contributed by atoms with Gasteiger partial charge in [-0.25, -0.2) is 4.79 Å². The fourth-order valence-corrected chi connectivity index (χ4v) is 4.87. The third-order valence-electron chi connectivity index (χ3n) is 6.18. The van der Waals surface area contributed by atoms with E-state index in [1.807, 2.05) is 56.3 Å². The summed E-state index contributed by atoms with van der Waals surface area (Å²) in [6, 6.07) is 10.8. The molecule has 3 rings (SSSR count). The molecule has 12 heteroatoms. The van der Waals surface area contributed by atoms with Crippen LogP contribution in [0, 0.1) is 11.8 Å². The normalized spacial score (nSPS) is 18.2. The molecular formula is C25H33N3O8S. The van der Waals surface area contributed by atoms with E-state index >= 15 is 0 Å². The van der Waals surface area contributed by atoms with Crippen molar-refractivity contribution in [2.75, 3.05) is 6.54 Å². The van der Waals surface area contributed by atoms with Crippen LogP contribution in [0.3, 0.4) is 0 Å². The second kappa shape index (κ2) is 12.3. The van der Waals surface area contributed by atoms with Crippen LogP contribution in [0.25, 0.3) is 10.8 Å². The van der Waals surface area contributed by atoms with Crippen LogP contribution in [0.15, 0.2) is 42.5 Å². The van der Waals surface area contributed by atoms with Gasteiger partial charge in [-0.2, -0.15) is 8.42 Å². The van der Waals surface area contributed by atoms with Crippen molar-refractivity contribution in [2.24, 2.45) is 11.8 Å². The van der Waals surface area contributed by atoms with Crippen LogP contribution in [0.2, 0.25) is 0 Å². The average molecular weight is 536 g/mol. The van der Waals surface area contributed by atoms with E-state index in [1.165, 1.54) is 0 Å². The van der Waals surface area contributed by atoms with Crippen LogP contribution in [0.4, 0.5) is 4.79 Å². The molecule has 11 nitrogen and oxygen atoms in total. The van der Waals surface area contributed by atoms with Gasteiger partial charge in [0, 0.05) is 12.5 Å². The van der Waals surface area contributed by atoms with Gasteiger partial charge >= 0.3 is 6.09 Å². The Morgan fingerprint density at radius 2 is 1.84 bits per heavy atom. The summed E-state index contributed by atoms with van der Waals surface area (Å²) in [4.78, 5) is 37.6. The molecule has 1 aliphatic rings. The number of rotatable bonds is 11. The van der Waals surface area contributed by atoms with Gasteiger partial charge in [-0.15, -0.1) is 0 Å². The fraction of sp³-hybridized carbons (Fsp3) is 0.480. The number of hydrogen-bond donors (Lipinski definition) is 5. The molecule has 2 aromatic carbocycles. The molecule has 0 spiro atoms. The summed E-state index contributed by atoms with van der Waals surface area (Å²) in [6.07, 6.45) is -0.483. The molecule has 0 aliphatic carbocycles. The molecule has 1 aliphatic heterocycles. The first-order valence-corrected chi connectivity index (χ1v) is 13.6. The Morgan fingerprint density at radius 3 is 2.46 bits per heavy atom. The highest BCUT2D eigenvalue weighted by molar-refractivity contribution is 7.86. The lowest BCUT2D eigenvalue weighted by atomic mass is 9.97. The van der Waals surface area contributed by atoms with E-state index in [1.54, 1.807) is 0 Å². The summed E-state index contributed by atoms with van der Waals surface area (Å²) in [5, 5.41) is 19.7. The van der Waals surface area contributed by atoms with Crippen molar-refractivity contribution in [3.63, 3.8) is 0 Å². The van der Waals surface area contributed by atoms with Crippen LogP contribution in [-0.2, 0) is 31.1 Å². The van der Waals surface area contributed by atoms with E-state index < -0.39 is 45.6 Å². The average Bonchev–Trinajstić information content (AvgIpc) is 3.24. The first-order valence-electron chi connectivity index (χ1n) is 12.1. The molecule has 1 heterocycles. The summed E-state index contributed by atoms with van der Waals surface area (Å²) < 4.78 is 37.9. The second-order valence-electron chi connectivity index (χ2n) is 9.62. The number of carbonyl (C=O) groups excluding carboxylic acids is 3. The number of carbonyl (C=O) groups is 3. The molecule has 37 heavy (non-hydrogen) atoms. The number of aliphatic hydroxyl groups excluding tert-OH is 1. The summed E-state index contributed by atoms with van der Waals surface area (Å²) in [5.41, 5.74) is -1.59. The number of alkyl carbamates (subject to hydrolysis) is 1. The summed E-state index contributed by atoms with van der Waals surface area (Å²) in [6.45, 7) is 4.01. The second-order valence-corrected chi connectivity index (χ2v) is 11.1. The van der Waals surface area contributed by atoms with Crippen LogP contribution in [0.5, 0.6) is 0 Å². The number of hydrogen-bond acceptors (Lipinski definition) is 7. The van der Waals surface area contributed by atoms with Gasteiger partial charge in [0.15, 0.2) is 0 Å². The van der Waals surface area contributed by atoms with Gasteiger partial charge in [0.25, 0.3) is 10.1 Å². The van der Waals surface area contributed by atoms with Crippen molar-refractivity contribution < 1.29 is 37.2 Å². The quantitative estimate of drug-likeness (QED) is 0.271. The minimum Gasteiger partial charge on any atom is -0.445 e. The Labute approximate surface area is 215 Å². The number of ether oxygens (including phenoxy) is 1. The highest BCUT2D eigenvalue weighted by Crippen LogP contribution is 2.20. The molecule has 3 amide bonds. The zero-order valence-corrected chi connectivity index (χ0v) is 21.5. The number of benzene rings is 2. The Kier molecular flexibility index (Phi) is 9.46. The third-order valence-corrected chi connectivity index (χ3v) is 7.12. The monoisotopic (exact) mass is 535 g/mol. The van der Waals surface area contributed by atoms with E-state index in [0.717, 1.165) is 16.3 Å². The first-order chi connectivity index (χ1) is 17.4. The number of nitrogens with one attached hydrogen (secondary N) is 3. The molecule has 1 saturated heterocycles. The topological polar surface area (TPSA) is 171 Å². The van der Waals surface area contributed by atoms with Crippen molar-refractivity contribution in [1.29, 1.82) is 0 Å². The smallest absolute Gasteiger partial charge is 0.408 e. The van der Waals surface area contributed by atoms with Crippen molar-refractivity contribution in [3.8, 4) is 0 Å². The molecule has 0 saturated carbocycles. The Bertz CT molecular complexity index is 1230. The molecule has 2 aromatic rings. The summed E-state index contributed by atoms with van der Waals surface area (Å²) >= 11 is 0. The Balaban J connectivity index is 1.66. The highest BCUT2D eigenvalue weighted by atomic mass is 32.2. The Morgan fingerprint density at radius 1 is 1.14 bits per heavy atom. The number of fused-ring (bicyclic) bond motifs is 1. The van der Waals surface area contributed by atoms with Gasteiger partial charge < -0.3 is 25.8 Å². The fourth-order valence-electron chi connectivity index (χ4n) is 4.28. The SMILES string of the molecule is CC(C)C[C@H](NC(=O)OCc1ccc2ccccc2c1)C(=O)N[C@@H](C[C@@H]1CCNC1=O)[C@@H](O)S(=O)(=O)O. The highest BCUT2D eigenvalue weighted by Gasteiger charge is 2.37.